The van der Waals surface area contributed by atoms with Gasteiger partial charge < -0.3 is 10.3 Å². The molecule has 0 aliphatic rings. The van der Waals surface area contributed by atoms with Crippen molar-refractivity contribution in [1.82, 2.24) is 9.55 Å². The predicted molar refractivity (Wildman–Crippen MR) is 90.5 cm³/mol. The molecule has 21 heavy (non-hydrogen) atoms. The number of nitrogens with zero attached hydrogens (tertiary/aromatic N) is 2. The number of hydrogen-bond acceptors (Lipinski definition) is 2. The Hall–Kier alpha value is -1.36. The van der Waals surface area contributed by atoms with E-state index in [1.165, 1.54) is 0 Å². The number of halogens is 2. The molecule has 108 valence electrons. The fourth-order valence-corrected chi connectivity index (χ4v) is 2.95. The van der Waals surface area contributed by atoms with E-state index in [4.69, 9.17) is 17.3 Å². The SMILES string of the molecule is Cn1c(CC(N)c2ccc(Cl)c(Br)c2)nc2ccccc21. The van der Waals surface area contributed by atoms with Crippen LogP contribution in [0.2, 0.25) is 5.02 Å². The summed E-state index contributed by atoms with van der Waals surface area (Å²) in [5.41, 5.74) is 9.48. The van der Waals surface area contributed by atoms with Gasteiger partial charge in [0.15, 0.2) is 0 Å². The molecule has 0 saturated carbocycles. The molecule has 0 amide bonds. The Balaban J connectivity index is 1.90. The molecule has 3 rings (SSSR count). The van der Waals surface area contributed by atoms with Gasteiger partial charge in [0.1, 0.15) is 5.82 Å². The molecule has 0 aliphatic heterocycles. The molecule has 1 aromatic heterocycles. The molecule has 1 heterocycles. The number of aryl methyl sites for hydroxylation is 1. The molecule has 0 fully saturated rings. The standard InChI is InChI=1S/C16H15BrClN3/c1-21-15-5-3-2-4-14(15)20-16(21)9-13(19)10-6-7-12(18)11(17)8-10/h2-8,13H,9,19H2,1H3. The van der Waals surface area contributed by atoms with E-state index in [-0.39, 0.29) is 6.04 Å². The molecule has 2 N–H and O–H groups in total. The summed E-state index contributed by atoms with van der Waals surface area (Å²) in [6, 6.07) is 13.8. The van der Waals surface area contributed by atoms with Gasteiger partial charge in [-0.2, -0.15) is 0 Å². The van der Waals surface area contributed by atoms with Gasteiger partial charge in [-0.15, -0.1) is 0 Å². The molecule has 0 bridgehead atoms. The fourth-order valence-electron chi connectivity index (χ4n) is 2.44. The Kier molecular flexibility index (Phi) is 4.02. The highest BCUT2D eigenvalue weighted by Crippen LogP contribution is 2.27. The van der Waals surface area contributed by atoms with Gasteiger partial charge in [0.25, 0.3) is 0 Å². The zero-order valence-electron chi connectivity index (χ0n) is 11.6. The number of para-hydroxylation sites is 2. The van der Waals surface area contributed by atoms with E-state index in [1.807, 2.05) is 43.4 Å². The predicted octanol–water partition coefficient (Wildman–Crippen LogP) is 4.23. The van der Waals surface area contributed by atoms with E-state index in [0.29, 0.717) is 11.4 Å². The van der Waals surface area contributed by atoms with E-state index in [1.54, 1.807) is 0 Å². The van der Waals surface area contributed by atoms with Crippen LogP contribution >= 0.6 is 27.5 Å². The summed E-state index contributed by atoms with van der Waals surface area (Å²) in [4.78, 5) is 4.66. The molecule has 2 aromatic carbocycles. The number of imidazole rings is 1. The molecule has 3 aromatic rings. The topological polar surface area (TPSA) is 43.8 Å². The monoisotopic (exact) mass is 363 g/mol. The van der Waals surface area contributed by atoms with Gasteiger partial charge in [0.2, 0.25) is 0 Å². The Bertz CT molecular complexity index is 797. The van der Waals surface area contributed by atoms with E-state index < -0.39 is 0 Å². The van der Waals surface area contributed by atoms with Crippen LogP contribution in [0.15, 0.2) is 46.9 Å². The number of rotatable bonds is 3. The van der Waals surface area contributed by atoms with Crippen LogP contribution in [-0.4, -0.2) is 9.55 Å². The van der Waals surface area contributed by atoms with Crippen LogP contribution in [0.4, 0.5) is 0 Å². The van der Waals surface area contributed by atoms with E-state index in [9.17, 15) is 0 Å². The summed E-state index contributed by atoms with van der Waals surface area (Å²) >= 11 is 9.45. The molecular weight excluding hydrogens is 350 g/mol. The average Bonchev–Trinajstić information content (AvgIpc) is 2.79. The number of aromatic nitrogens is 2. The Morgan fingerprint density at radius 1 is 1.29 bits per heavy atom. The molecule has 3 nitrogen and oxygen atoms in total. The average molecular weight is 365 g/mol. The molecule has 1 atom stereocenters. The summed E-state index contributed by atoms with van der Waals surface area (Å²) in [6.45, 7) is 0. The molecule has 5 heteroatoms. The van der Waals surface area contributed by atoms with Crippen molar-refractivity contribution in [2.45, 2.75) is 12.5 Å². The minimum atomic E-state index is -0.117. The van der Waals surface area contributed by atoms with E-state index in [0.717, 1.165) is 26.9 Å². The van der Waals surface area contributed by atoms with Crippen LogP contribution in [0.3, 0.4) is 0 Å². The Labute approximate surface area is 136 Å². The highest BCUT2D eigenvalue weighted by Gasteiger charge is 2.14. The van der Waals surface area contributed by atoms with Crippen molar-refractivity contribution in [2.24, 2.45) is 12.8 Å². The molecule has 0 aliphatic carbocycles. The molecule has 0 spiro atoms. The second-order valence-corrected chi connectivity index (χ2v) is 6.32. The summed E-state index contributed by atoms with van der Waals surface area (Å²) in [6.07, 6.45) is 0.680. The lowest BCUT2D eigenvalue weighted by Gasteiger charge is -2.13. The molecule has 1 unspecified atom stereocenters. The summed E-state index contributed by atoms with van der Waals surface area (Å²) < 4.78 is 2.96. The van der Waals surface area contributed by atoms with Crippen LogP contribution < -0.4 is 5.73 Å². The van der Waals surface area contributed by atoms with Crippen LogP contribution in [0, 0.1) is 0 Å². The summed E-state index contributed by atoms with van der Waals surface area (Å²) in [5, 5.41) is 0.689. The second kappa shape index (κ2) is 5.79. The highest BCUT2D eigenvalue weighted by molar-refractivity contribution is 9.10. The third-order valence-corrected chi connectivity index (χ3v) is 4.87. The number of nitrogens with two attached hydrogens (primary N) is 1. The van der Waals surface area contributed by atoms with Gasteiger partial charge in [-0.1, -0.05) is 29.8 Å². The van der Waals surface area contributed by atoms with Gasteiger partial charge in [-0.05, 0) is 45.8 Å². The van der Waals surface area contributed by atoms with Gasteiger partial charge in [-0.25, -0.2) is 4.98 Å². The smallest absolute Gasteiger partial charge is 0.111 e. The van der Waals surface area contributed by atoms with Crippen LogP contribution in [-0.2, 0) is 13.5 Å². The van der Waals surface area contributed by atoms with Crippen LogP contribution in [0.1, 0.15) is 17.4 Å². The van der Waals surface area contributed by atoms with Crippen molar-refractivity contribution in [3.05, 3.63) is 63.3 Å². The lowest BCUT2D eigenvalue weighted by molar-refractivity contribution is 0.665. The largest absolute Gasteiger partial charge is 0.331 e. The first-order chi connectivity index (χ1) is 10.1. The van der Waals surface area contributed by atoms with Gasteiger partial charge >= 0.3 is 0 Å². The van der Waals surface area contributed by atoms with Crippen LogP contribution in [0.25, 0.3) is 11.0 Å². The Morgan fingerprint density at radius 3 is 2.76 bits per heavy atom. The lowest BCUT2D eigenvalue weighted by Crippen LogP contribution is -2.15. The third-order valence-electron chi connectivity index (χ3n) is 3.65. The highest BCUT2D eigenvalue weighted by atomic mass is 79.9. The van der Waals surface area contributed by atoms with Gasteiger partial charge in [0.05, 0.1) is 16.1 Å². The first-order valence-corrected chi connectivity index (χ1v) is 7.84. The van der Waals surface area contributed by atoms with Crippen molar-refractivity contribution < 1.29 is 0 Å². The minimum absolute atomic E-state index is 0.117. The summed E-state index contributed by atoms with van der Waals surface area (Å²) in [7, 11) is 2.02. The fraction of sp³-hybridized carbons (Fsp3) is 0.188. The van der Waals surface area contributed by atoms with Gasteiger partial charge in [-0.3, -0.25) is 0 Å². The normalized spacial score (nSPS) is 12.8. The first-order valence-electron chi connectivity index (χ1n) is 6.67. The van der Waals surface area contributed by atoms with Gasteiger partial charge in [0, 0.05) is 24.0 Å². The molecule has 0 radical (unpaired) electrons. The second-order valence-electron chi connectivity index (χ2n) is 5.06. The maximum absolute atomic E-state index is 6.32. The minimum Gasteiger partial charge on any atom is -0.331 e. The van der Waals surface area contributed by atoms with Crippen LogP contribution in [0.5, 0.6) is 0 Å². The third kappa shape index (κ3) is 2.84. The molecular formula is C16H15BrClN3. The van der Waals surface area contributed by atoms with Crippen molar-refractivity contribution >= 4 is 38.6 Å². The maximum Gasteiger partial charge on any atom is 0.111 e. The summed E-state index contributed by atoms with van der Waals surface area (Å²) in [5.74, 6) is 0.981. The Morgan fingerprint density at radius 2 is 2.05 bits per heavy atom. The number of fused-ring (bicyclic) bond motifs is 1. The van der Waals surface area contributed by atoms with Crippen molar-refractivity contribution in [3.8, 4) is 0 Å². The van der Waals surface area contributed by atoms with Crippen molar-refractivity contribution in [1.29, 1.82) is 0 Å². The van der Waals surface area contributed by atoms with Crippen molar-refractivity contribution in [3.63, 3.8) is 0 Å². The van der Waals surface area contributed by atoms with E-state index in [2.05, 4.69) is 31.5 Å². The number of hydrogen-bond donors (Lipinski definition) is 1. The number of benzene rings is 2. The van der Waals surface area contributed by atoms with Crippen molar-refractivity contribution in [2.75, 3.05) is 0 Å². The zero-order valence-corrected chi connectivity index (χ0v) is 13.9. The first kappa shape index (κ1) is 14.6. The quantitative estimate of drug-likeness (QED) is 0.755. The maximum atomic E-state index is 6.32. The zero-order chi connectivity index (χ0) is 15.0. The lowest BCUT2D eigenvalue weighted by atomic mass is 10.0. The molecule has 0 saturated heterocycles. The van der Waals surface area contributed by atoms with E-state index >= 15 is 0 Å².